The number of pyridine rings is 1. The van der Waals surface area contributed by atoms with Gasteiger partial charge >= 0.3 is 0 Å². The van der Waals surface area contributed by atoms with Gasteiger partial charge in [0.1, 0.15) is 5.69 Å². The third-order valence-corrected chi connectivity index (χ3v) is 2.90. The molecule has 0 unspecified atom stereocenters. The Labute approximate surface area is 92.6 Å². The van der Waals surface area contributed by atoms with E-state index in [1.54, 1.807) is 23.6 Å². The van der Waals surface area contributed by atoms with Crippen LogP contribution >= 0.6 is 11.3 Å². The minimum Gasteiger partial charge on any atom is -0.292 e. The second-order valence-corrected chi connectivity index (χ2v) is 4.05. The summed E-state index contributed by atoms with van der Waals surface area (Å²) in [5.41, 5.74) is 1.79. The maximum atomic E-state index is 11.7. The summed E-state index contributed by atoms with van der Waals surface area (Å²) >= 11 is 1.66. The fourth-order valence-electron chi connectivity index (χ4n) is 1.35. The Morgan fingerprint density at radius 2 is 2.27 bits per heavy atom. The topological polar surface area (TPSA) is 30.0 Å². The number of aryl methyl sites for hydroxylation is 1. The van der Waals surface area contributed by atoms with Crippen LogP contribution in [0.4, 0.5) is 0 Å². The van der Waals surface area contributed by atoms with E-state index in [9.17, 15) is 4.79 Å². The Balaban J connectivity index is 1.94. The van der Waals surface area contributed by atoms with Crippen molar-refractivity contribution in [3.8, 4) is 0 Å². The van der Waals surface area contributed by atoms with E-state index in [1.165, 1.54) is 5.56 Å². The van der Waals surface area contributed by atoms with Gasteiger partial charge in [0.25, 0.3) is 0 Å². The molecule has 0 saturated carbocycles. The van der Waals surface area contributed by atoms with Gasteiger partial charge in [-0.1, -0.05) is 6.07 Å². The van der Waals surface area contributed by atoms with Gasteiger partial charge in [-0.25, -0.2) is 0 Å². The Kier molecular flexibility index (Phi) is 3.25. The quantitative estimate of drug-likeness (QED) is 0.737. The lowest BCUT2D eigenvalue weighted by Gasteiger charge is -1.98. The van der Waals surface area contributed by atoms with Crippen LogP contribution in [0.1, 0.15) is 22.5 Å². The number of ketones is 1. The molecule has 0 atom stereocenters. The van der Waals surface area contributed by atoms with Crippen LogP contribution in [0.3, 0.4) is 0 Å². The number of hydrogen-bond donors (Lipinski definition) is 0. The van der Waals surface area contributed by atoms with E-state index >= 15 is 0 Å². The maximum Gasteiger partial charge on any atom is 0.181 e. The number of carbonyl (C=O) groups excluding carboxylic acids is 1. The number of carbonyl (C=O) groups is 1. The van der Waals surface area contributed by atoms with Crippen LogP contribution in [0.15, 0.2) is 41.2 Å². The number of hydrogen-bond acceptors (Lipinski definition) is 3. The second-order valence-electron chi connectivity index (χ2n) is 3.27. The predicted molar refractivity (Wildman–Crippen MR) is 61.2 cm³/mol. The van der Waals surface area contributed by atoms with Crippen molar-refractivity contribution in [3.05, 3.63) is 52.5 Å². The van der Waals surface area contributed by atoms with Crippen molar-refractivity contribution in [2.24, 2.45) is 0 Å². The Morgan fingerprint density at radius 1 is 1.33 bits per heavy atom. The van der Waals surface area contributed by atoms with Gasteiger partial charge < -0.3 is 0 Å². The van der Waals surface area contributed by atoms with E-state index in [-0.39, 0.29) is 5.78 Å². The molecule has 0 bridgehead atoms. The molecule has 2 aromatic heterocycles. The lowest BCUT2D eigenvalue weighted by Crippen LogP contribution is -2.02. The van der Waals surface area contributed by atoms with Crippen LogP contribution < -0.4 is 0 Å². The van der Waals surface area contributed by atoms with E-state index < -0.39 is 0 Å². The number of Topliss-reactive ketones (excluding diaryl/α,β-unsaturated/α-hetero) is 1. The highest BCUT2D eigenvalue weighted by molar-refractivity contribution is 7.07. The molecule has 0 spiro atoms. The van der Waals surface area contributed by atoms with Crippen molar-refractivity contribution in [2.75, 3.05) is 0 Å². The molecule has 2 nitrogen and oxygen atoms in total. The van der Waals surface area contributed by atoms with Gasteiger partial charge in [0.15, 0.2) is 5.78 Å². The smallest absolute Gasteiger partial charge is 0.181 e. The fourth-order valence-corrected chi connectivity index (χ4v) is 2.05. The summed E-state index contributed by atoms with van der Waals surface area (Å²) in [6.07, 6.45) is 2.99. The first-order valence-corrected chi connectivity index (χ1v) is 5.76. The van der Waals surface area contributed by atoms with Crippen molar-refractivity contribution in [3.63, 3.8) is 0 Å². The van der Waals surface area contributed by atoms with E-state index in [2.05, 4.69) is 16.4 Å². The standard InChI is InChI=1S/C12H11NOS/c14-12(11-3-1-2-7-13-11)5-4-10-6-8-15-9-10/h1-3,6-9H,4-5H2. The van der Waals surface area contributed by atoms with Crippen molar-refractivity contribution in [1.82, 2.24) is 4.98 Å². The molecule has 2 rings (SSSR count). The molecule has 2 heterocycles. The van der Waals surface area contributed by atoms with E-state index in [4.69, 9.17) is 0 Å². The summed E-state index contributed by atoms with van der Waals surface area (Å²) in [7, 11) is 0. The highest BCUT2D eigenvalue weighted by Crippen LogP contribution is 2.10. The van der Waals surface area contributed by atoms with Crippen LogP contribution in [0.25, 0.3) is 0 Å². The molecule has 2 aromatic rings. The Bertz CT molecular complexity index is 422. The van der Waals surface area contributed by atoms with Gasteiger partial charge in [-0.15, -0.1) is 0 Å². The van der Waals surface area contributed by atoms with Crippen molar-refractivity contribution in [1.29, 1.82) is 0 Å². The molecule has 15 heavy (non-hydrogen) atoms. The lowest BCUT2D eigenvalue weighted by molar-refractivity contribution is 0.0978. The fraction of sp³-hybridized carbons (Fsp3) is 0.167. The van der Waals surface area contributed by atoms with Gasteiger partial charge in [0.2, 0.25) is 0 Å². The van der Waals surface area contributed by atoms with Crippen LogP contribution in [-0.2, 0) is 6.42 Å². The van der Waals surface area contributed by atoms with Gasteiger partial charge in [-0.3, -0.25) is 9.78 Å². The van der Waals surface area contributed by atoms with Crippen LogP contribution in [-0.4, -0.2) is 10.8 Å². The van der Waals surface area contributed by atoms with Gasteiger partial charge in [0, 0.05) is 12.6 Å². The first-order chi connectivity index (χ1) is 7.36. The zero-order valence-corrected chi connectivity index (χ0v) is 9.04. The molecule has 0 N–H and O–H groups in total. The van der Waals surface area contributed by atoms with Gasteiger partial charge in [0.05, 0.1) is 0 Å². The zero-order chi connectivity index (χ0) is 10.5. The minimum absolute atomic E-state index is 0.113. The van der Waals surface area contributed by atoms with Crippen LogP contribution in [0.5, 0.6) is 0 Å². The SMILES string of the molecule is O=C(CCc1ccsc1)c1ccccn1. The van der Waals surface area contributed by atoms with Gasteiger partial charge in [-0.05, 0) is 40.9 Å². The number of nitrogens with zero attached hydrogens (tertiary/aromatic N) is 1. The Hall–Kier alpha value is -1.48. The summed E-state index contributed by atoms with van der Waals surface area (Å²) in [4.78, 5) is 15.7. The van der Waals surface area contributed by atoms with Crippen molar-refractivity contribution < 1.29 is 4.79 Å². The summed E-state index contributed by atoms with van der Waals surface area (Å²) in [5, 5.41) is 4.10. The molecular formula is C12H11NOS. The molecule has 0 amide bonds. The summed E-state index contributed by atoms with van der Waals surface area (Å²) in [5.74, 6) is 0.113. The van der Waals surface area contributed by atoms with Crippen molar-refractivity contribution >= 4 is 17.1 Å². The summed E-state index contributed by atoms with van der Waals surface area (Å²) in [6.45, 7) is 0. The molecular weight excluding hydrogens is 206 g/mol. The third-order valence-electron chi connectivity index (χ3n) is 2.17. The molecule has 0 aliphatic rings. The second kappa shape index (κ2) is 4.84. The molecule has 0 aromatic carbocycles. The van der Waals surface area contributed by atoms with E-state index in [1.807, 2.05) is 17.5 Å². The number of rotatable bonds is 4. The normalized spacial score (nSPS) is 10.1. The molecule has 0 fully saturated rings. The maximum absolute atomic E-state index is 11.7. The number of aromatic nitrogens is 1. The van der Waals surface area contributed by atoms with E-state index in [0.717, 1.165) is 6.42 Å². The number of thiophene rings is 1. The highest BCUT2D eigenvalue weighted by Gasteiger charge is 2.06. The molecule has 0 aliphatic carbocycles. The lowest BCUT2D eigenvalue weighted by atomic mass is 10.1. The average Bonchev–Trinajstić information content (AvgIpc) is 2.80. The summed E-state index contributed by atoms with van der Waals surface area (Å²) in [6, 6.07) is 7.47. The Morgan fingerprint density at radius 3 is 2.93 bits per heavy atom. The van der Waals surface area contributed by atoms with Gasteiger partial charge in [-0.2, -0.15) is 11.3 Å². The molecule has 76 valence electrons. The molecule has 0 aliphatic heterocycles. The predicted octanol–water partition coefficient (Wildman–Crippen LogP) is 2.96. The highest BCUT2D eigenvalue weighted by atomic mass is 32.1. The minimum atomic E-state index is 0.113. The average molecular weight is 217 g/mol. The first-order valence-electron chi connectivity index (χ1n) is 4.81. The molecule has 0 saturated heterocycles. The van der Waals surface area contributed by atoms with Crippen molar-refractivity contribution in [2.45, 2.75) is 12.8 Å². The zero-order valence-electron chi connectivity index (χ0n) is 8.22. The summed E-state index contributed by atoms with van der Waals surface area (Å²) < 4.78 is 0. The first kappa shape index (κ1) is 10.1. The van der Waals surface area contributed by atoms with Crippen LogP contribution in [0.2, 0.25) is 0 Å². The molecule has 3 heteroatoms. The monoisotopic (exact) mass is 217 g/mol. The molecule has 0 radical (unpaired) electrons. The largest absolute Gasteiger partial charge is 0.292 e. The van der Waals surface area contributed by atoms with Crippen LogP contribution in [0, 0.1) is 0 Å². The van der Waals surface area contributed by atoms with E-state index in [0.29, 0.717) is 12.1 Å². The third kappa shape index (κ3) is 2.73.